The van der Waals surface area contributed by atoms with Crippen LogP contribution in [0.2, 0.25) is 0 Å². The fourth-order valence-corrected chi connectivity index (χ4v) is 2.35. The molecule has 0 unspecified atom stereocenters. The van der Waals surface area contributed by atoms with Gasteiger partial charge in [0.1, 0.15) is 11.4 Å². The lowest BCUT2D eigenvalue weighted by Gasteiger charge is -2.31. The van der Waals surface area contributed by atoms with Gasteiger partial charge >= 0.3 is 0 Å². The Morgan fingerprint density at radius 1 is 1.50 bits per heavy atom. The van der Waals surface area contributed by atoms with E-state index in [1.807, 2.05) is 6.92 Å². The maximum absolute atomic E-state index is 13.3. The fraction of sp³-hybridized carbons (Fsp3) is 0.500. The van der Waals surface area contributed by atoms with E-state index in [2.05, 4.69) is 0 Å². The number of nitro benzene ring substituents is 1. The van der Waals surface area contributed by atoms with E-state index < -0.39 is 16.6 Å². The molecule has 1 aromatic rings. The predicted octanol–water partition coefficient (Wildman–Crippen LogP) is 3.00. The second-order valence-electron chi connectivity index (χ2n) is 5.06. The van der Waals surface area contributed by atoms with Gasteiger partial charge in [-0.3, -0.25) is 14.9 Å². The van der Waals surface area contributed by atoms with Crippen LogP contribution in [0.4, 0.5) is 10.1 Å². The molecular weight excluding hydrogens is 263 g/mol. The van der Waals surface area contributed by atoms with Crippen molar-refractivity contribution in [3.8, 4) is 0 Å². The summed E-state index contributed by atoms with van der Waals surface area (Å²) in [5.74, 6) is -0.643. The molecule has 1 aliphatic carbocycles. The summed E-state index contributed by atoms with van der Waals surface area (Å²) < 4.78 is 13.3. The molecule has 5 nitrogen and oxygen atoms in total. The zero-order valence-corrected chi connectivity index (χ0v) is 11.3. The van der Waals surface area contributed by atoms with Crippen molar-refractivity contribution in [1.29, 1.82) is 0 Å². The molecule has 6 heteroatoms. The Kier molecular flexibility index (Phi) is 4.32. The highest BCUT2D eigenvalue weighted by atomic mass is 19.1. The number of nitro groups is 1. The van der Waals surface area contributed by atoms with E-state index in [4.69, 9.17) is 0 Å². The molecule has 0 saturated heterocycles. The SMILES string of the molecule is CCN(CC1CCC1)C(=O)c1cc(F)ccc1[N+](=O)[O-]. The van der Waals surface area contributed by atoms with Crippen LogP contribution in [0.3, 0.4) is 0 Å². The Morgan fingerprint density at radius 2 is 2.20 bits per heavy atom. The topological polar surface area (TPSA) is 63.5 Å². The van der Waals surface area contributed by atoms with Gasteiger partial charge in [-0.25, -0.2) is 4.39 Å². The summed E-state index contributed by atoms with van der Waals surface area (Å²) in [6.07, 6.45) is 3.32. The van der Waals surface area contributed by atoms with E-state index >= 15 is 0 Å². The first-order chi connectivity index (χ1) is 9.52. The van der Waals surface area contributed by atoms with Crippen LogP contribution < -0.4 is 0 Å². The van der Waals surface area contributed by atoms with Gasteiger partial charge in [0.05, 0.1) is 4.92 Å². The van der Waals surface area contributed by atoms with Crippen molar-refractivity contribution in [2.45, 2.75) is 26.2 Å². The van der Waals surface area contributed by atoms with Crippen LogP contribution in [0.25, 0.3) is 0 Å². The summed E-state index contributed by atoms with van der Waals surface area (Å²) in [6.45, 7) is 2.87. The summed E-state index contributed by atoms with van der Waals surface area (Å²) in [4.78, 5) is 24.2. The van der Waals surface area contributed by atoms with E-state index in [0.717, 1.165) is 37.5 Å². The maximum Gasteiger partial charge on any atom is 0.282 e. The molecule has 1 aliphatic rings. The van der Waals surface area contributed by atoms with Gasteiger partial charge in [0.15, 0.2) is 0 Å². The lowest BCUT2D eigenvalue weighted by atomic mass is 9.85. The van der Waals surface area contributed by atoms with Gasteiger partial charge in [-0.1, -0.05) is 6.42 Å². The third kappa shape index (κ3) is 2.95. The van der Waals surface area contributed by atoms with Crippen LogP contribution in [0.15, 0.2) is 18.2 Å². The number of amides is 1. The van der Waals surface area contributed by atoms with Crippen LogP contribution >= 0.6 is 0 Å². The first kappa shape index (κ1) is 14.4. The van der Waals surface area contributed by atoms with E-state index in [1.165, 1.54) is 0 Å². The Bertz CT molecular complexity index is 529. The van der Waals surface area contributed by atoms with E-state index in [1.54, 1.807) is 4.90 Å². The van der Waals surface area contributed by atoms with E-state index in [0.29, 0.717) is 19.0 Å². The van der Waals surface area contributed by atoms with Gasteiger partial charge < -0.3 is 4.90 Å². The second-order valence-corrected chi connectivity index (χ2v) is 5.06. The lowest BCUT2D eigenvalue weighted by molar-refractivity contribution is -0.385. The molecule has 20 heavy (non-hydrogen) atoms. The zero-order chi connectivity index (χ0) is 14.7. The summed E-state index contributed by atoms with van der Waals surface area (Å²) in [6, 6.07) is 2.99. The number of carbonyl (C=O) groups is 1. The molecule has 0 heterocycles. The Morgan fingerprint density at radius 3 is 2.70 bits per heavy atom. The summed E-state index contributed by atoms with van der Waals surface area (Å²) in [5.41, 5.74) is -0.514. The molecular formula is C14H17FN2O3. The minimum absolute atomic E-state index is 0.170. The molecule has 2 rings (SSSR count). The molecule has 108 valence electrons. The molecule has 0 bridgehead atoms. The van der Waals surface area contributed by atoms with Crippen molar-refractivity contribution in [2.75, 3.05) is 13.1 Å². The smallest absolute Gasteiger partial charge is 0.282 e. The number of halogens is 1. The van der Waals surface area contributed by atoms with Crippen LogP contribution in [0, 0.1) is 21.8 Å². The number of hydrogen-bond acceptors (Lipinski definition) is 3. The van der Waals surface area contributed by atoms with Crippen molar-refractivity contribution >= 4 is 11.6 Å². The minimum Gasteiger partial charge on any atom is -0.338 e. The first-order valence-electron chi connectivity index (χ1n) is 6.76. The average Bonchev–Trinajstić information content (AvgIpc) is 2.36. The molecule has 1 aromatic carbocycles. The first-order valence-corrected chi connectivity index (χ1v) is 6.76. The minimum atomic E-state index is -0.649. The lowest BCUT2D eigenvalue weighted by Crippen LogP contribution is -2.37. The molecule has 1 amide bonds. The van der Waals surface area contributed by atoms with Crippen molar-refractivity contribution < 1.29 is 14.1 Å². The third-order valence-corrected chi connectivity index (χ3v) is 3.76. The van der Waals surface area contributed by atoms with Crippen LogP contribution in [-0.2, 0) is 0 Å². The second kappa shape index (κ2) is 5.98. The van der Waals surface area contributed by atoms with Gasteiger partial charge in [-0.2, -0.15) is 0 Å². The maximum atomic E-state index is 13.3. The number of nitrogens with zero attached hydrogens (tertiary/aromatic N) is 2. The number of hydrogen-bond donors (Lipinski definition) is 0. The normalized spacial score (nSPS) is 14.7. The standard InChI is InChI=1S/C14H17FN2O3/c1-2-16(9-10-4-3-5-10)14(18)12-8-11(15)6-7-13(12)17(19)20/h6-8,10H,2-5,9H2,1H3. The molecule has 0 aromatic heterocycles. The largest absolute Gasteiger partial charge is 0.338 e. The number of benzene rings is 1. The summed E-state index contributed by atoms with van der Waals surface area (Å²) in [7, 11) is 0. The molecule has 0 radical (unpaired) electrons. The highest BCUT2D eigenvalue weighted by Crippen LogP contribution is 2.28. The van der Waals surface area contributed by atoms with Gasteiger partial charge in [0, 0.05) is 19.2 Å². The summed E-state index contributed by atoms with van der Waals surface area (Å²) >= 11 is 0. The van der Waals surface area contributed by atoms with Crippen LogP contribution in [0.5, 0.6) is 0 Å². The van der Waals surface area contributed by atoms with Crippen molar-refractivity contribution in [2.24, 2.45) is 5.92 Å². The Labute approximate surface area is 116 Å². The van der Waals surface area contributed by atoms with Gasteiger partial charge in [-0.05, 0) is 37.8 Å². The van der Waals surface area contributed by atoms with Crippen molar-refractivity contribution in [3.05, 3.63) is 39.7 Å². The van der Waals surface area contributed by atoms with Crippen LogP contribution in [-0.4, -0.2) is 28.8 Å². The monoisotopic (exact) mass is 280 g/mol. The average molecular weight is 280 g/mol. The predicted molar refractivity (Wildman–Crippen MR) is 72.0 cm³/mol. The highest BCUT2D eigenvalue weighted by molar-refractivity contribution is 5.98. The Balaban J connectivity index is 2.25. The molecule has 0 atom stereocenters. The molecule has 0 N–H and O–H groups in total. The van der Waals surface area contributed by atoms with Gasteiger partial charge in [0.2, 0.25) is 0 Å². The third-order valence-electron chi connectivity index (χ3n) is 3.76. The number of rotatable bonds is 5. The van der Waals surface area contributed by atoms with Gasteiger partial charge in [-0.15, -0.1) is 0 Å². The zero-order valence-electron chi connectivity index (χ0n) is 11.3. The Hall–Kier alpha value is -1.98. The van der Waals surface area contributed by atoms with Crippen molar-refractivity contribution in [3.63, 3.8) is 0 Å². The quantitative estimate of drug-likeness (QED) is 0.615. The van der Waals surface area contributed by atoms with Crippen molar-refractivity contribution in [1.82, 2.24) is 4.90 Å². The fourth-order valence-electron chi connectivity index (χ4n) is 2.35. The molecule has 1 saturated carbocycles. The van der Waals surface area contributed by atoms with Crippen LogP contribution in [0.1, 0.15) is 36.5 Å². The number of carbonyl (C=O) groups excluding carboxylic acids is 1. The molecule has 1 fully saturated rings. The molecule has 0 spiro atoms. The molecule has 0 aliphatic heterocycles. The highest BCUT2D eigenvalue weighted by Gasteiger charge is 2.28. The van der Waals surface area contributed by atoms with Gasteiger partial charge in [0.25, 0.3) is 11.6 Å². The van der Waals surface area contributed by atoms with E-state index in [-0.39, 0.29) is 11.3 Å². The summed E-state index contributed by atoms with van der Waals surface area (Å²) in [5, 5.41) is 11.0. The van der Waals surface area contributed by atoms with E-state index in [9.17, 15) is 19.3 Å².